The van der Waals surface area contributed by atoms with Crippen LogP contribution in [0, 0.1) is 28.6 Å². The van der Waals surface area contributed by atoms with Gasteiger partial charge in [0, 0.05) is 5.92 Å². The maximum absolute atomic E-state index is 6.19. The lowest BCUT2D eigenvalue weighted by Crippen LogP contribution is -2.36. The van der Waals surface area contributed by atoms with E-state index in [0.29, 0.717) is 22.9 Å². The van der Waals surface area contributed by atoms with Crippen LogP contribution in [0.1, 0.15) is 94.9 Å². The lowest BCUT2D eigenvalue weighted by molar-refractivity contribution is -0.0713. The fourth-order valence-corrected chi connectivity index (χ4v) is 4.16. The lowest BCUT2D eigenvalue weighted by Gasteiger charge is -2.43. The Morgan fingerprint density at radius 2 is 1.42 bits per heavy atom. The van der Waals surface area contributed by atoms with Crippen LogP contribution in [-0.2, 0) is 4.74 Å². The van der Waals surface area contributed by atoms with Gasteiger partial charge < -0.3 is 4.74 Å². The molecule has 142 valence electrons. The summed E-state index contributed by atoms with van der Waals surface area (Å²) in [5.74, 6) is 2.05. The Hall–Kier alpha value is -0.300. The van der Waals surface area contributed by atoms with Gasteiger partial charge in [0.25, 0.3) is 0 Å². The number of ether oxygens (including phenoxy) is 1. The lowest BCUT2D eigenvalue weighted by atomic mass is 9.62. The van der Waals surface area contributed by atoms with Crippen molar-refractivity contribution in [1.29, 1.82) is 0 Å². The van der Waals surface area contributed by atoms with Crippen molar-refractivity contribution in [2.75, 3.05) is 0 Å². The van der Waals surface area contributed by atoms with Crippen LogP contribution in [0.4, 0.5) is 0 Å². The van der Waals surface area contributed by atoms with Crippen molar-refractivity contribution in [2.45, 2.75) is 107 Å². The predicted octanol–water partition coefficient (Wildman–Crippen LogP) is 7.26. The van der Waals surface area contributed by atoms with E-state index in [9.17, 15) is 0 Å². The van der Waals surface area contributed by atoms with E-state index < -0.39 is 0 Å². The van der Waals surface area contributed by atoms with Crippen LogP contribution in [0.15, 0.2) is 12.2 Å². The molecule has 0 saturated carbocycles. The fraction of sp³-hybridized carbons (Fsp3) is 0.913. The molecule has 4 atom stereocenters. The summed E-state index contributed by atoms with van der Waals surface area (Å²) in [5.41, 5.74) is 0.746. The van der Waals surface area contributed by atoms with E-state index in [4.69, 9.17) is 4.74 Å². The number of allylic oxidation sites excluding steroid dienone is 1. The third kappa shape index (κ3) is 6.90. The van der Waals surface area contributed by atoms with Crippen LogP contribution >= 0.6 is 0 Å². The summed E-state index contributed by atoms with van der Waals surface area (Å²) in [6.45, 7) is 23.2. The van der Waals surface area contributed by atoms with E-state index in [-0.39, 0.29) is 5.60 Å². The minimum atomic E-state index is -0.0525. The van der Waals surface area contributed by atoms with E-state index in [1.807, 2.05) is 0 Å². The van der Waals surface area contributed by atoms with Gasteiger partial charge in [-0.25, -0.2) is 0 Å². The van der Waals surface area contributed by atoms with Gasteiger partial charge in [0.15, 0.2) is 0 Å². The summed E-state index contributed by atoms with van der Waals surface area (Å²) in [6.07, 6.45) is 10.4. The molecular weight excluding hydrogens is 292 g/mol. The summed E-state index contributed by atoms with van der Waals surface area (Å²) in [5, 5.41) is 0. The molecule has 0 aromatic rings. The summed E-state index contributed by atoms with van der Waals surface area (Å²) in [7, 11) is 0. The third-order valence-electron chi connectivity index (χ3n) is 5.85. The Labute approximate surface area is 152 Å². The maximum atomic E-state index is 6.19. The Balaban J connectivity index is 2.84. The van der Waals surface area contributed by atoms with E-state index in [1.54, 1.807) is 0 Å². The summed E-state index contributed by atoms with van der Waals surface area (Å²) < 4.78 is 6.19. The summed E-state index contributed by atoms with van der Waals surface area (Å²) in [4.78, 5) is 0. The molecule has 0 radical (unpaired) electrons. The molecule has 24 heavy (non-hydrogen) atoms. The first kappa shape index (κ1) is 21.7. The molecule has 1 rings (SSSR count). The molecule has 1 nitrogen and oxygen atoms in total. The van der Waals surface area contributed by atoms with Crippen molar-refractivity contribution in [3.63, 3.8) is 0 Å². The predicted molar refractivity (Wildman–Crippen MR) is 107 cm³/mol. The van der Waals surface area contributed by atoms with Gasteiger partial charge >= 0.3 is 0 Å². The highest BCUT2D eigenvalue weighted by Crippen LogP contribution is 2.46. The summed E-state index contributed by atoms with van der Waals surface area (Å²) >= 11 is 0. The molecule has 0 aliphatic heterocycles. The van der Waals surface area contributed by atoms with Crippen molar-refractivity contribution in [1.82, 2.24) is 0 Å². The zero-order valence-corrected chi connectivity index (χ0v) is 18.2. The second-order valence-corrected chi connectivity index (χ2v) is 10.9. The van der Waals surface area contributed by atoms with Gasteiger partial charge in [-0.2, -0.15) is 0 Å². The smallest absolute Gasteiger partial charge is 0.0616 e. The van der Waals surface area contributed by atoms with Crippen LogP contribution in [0.5, 0.6) is 0 Å². The first-order valence-electron chi connectivity index (χ1n) is 10.1. The Morgan fingerprint density at radius 3 is 1.79 bits per heavy atom. The molecule has 0 aromatic carbocycles. The second-order valence-electron chi connectivity index (χ2n) is 10.9. The van der Waals surface area contributed by atoms with E-state index in [1.165, 1.54) is 25.7 Å². The minimum Gasteiger partial charge on any atom is -0.372 e. The first-order chi connectivity index (χ1) is 10.7. The largest absolute Gasteiger partial charge is 0.372 e. The average molecular weight is 337 g/mol. The fourth-order valence-electron chi connectivity index (χ4n) is 4.16. The Morgan fingerprint density at radius 1 is 0.917 bits per heavy atom. The molecule has 0 aromatic heterocycles. The van der Waals surface area contributed by atoms with Crippen molar-refractivity contribution >= 4 is 0 Å². The third-order valence-corrected chi connectivity index (χ3v) is 5.85. The molecule has 0 fully saturated rings. The van der Waals surface area contributed by atoms with Gasteiger partial charge in [0.05, 0.1) is 11.7 Å². The van der Waals surface area contributed by atoms with Gasteiger partial charge in [0.2, 0.25) is 0 Å². The molecule has 0 spiro atoms. The van der Waals surface area contributed by atoms with Gasteiger partial charge in [-0.3, -0.25) is 0 Å². The highest BCUT2D eigenvalue weighted by molar-refractivity contribution is 5.04. The topological polar surface area (TPSA) is 9.23 Å². The molecule has 0 amide bonds. The van der Waals surface area contributed by atoms with Crippen LogP contribution < -0.4 is 0 Å². The molecule has 1 aliphatic rings. The van der Waals surface area contributed by atoms with Crippen molar-refractivity contribution in [3.05, 3.63) is 12.2 Å². The van der Waals surface area contributed by atoms with Crippen LogP contribution in [0.2, 0.25) is 0 Å². The second kappa shape index (κ2) is 7.94. The average Bonchev–Trinajstić information content (AvgIpc) is 2.42. The standard InChI is InChI=1S/C23H44O/c1-11-23(9,10)20(16-21(3,4)5)19-14-12-18(13-15-19)17(2)24-22(6,7)8/h12,14,17-20H,11,13,15-16H2,1-10H3. The van der Waals surface area contributed by atoms with Crippen LogP contribution in [0.3, 0.4) is 0 Å². The maximum Gasteiger partial charge on any atom is 0.0616 e. The van der Waals surface area contributed by atoms with Gasteiger partial charge in [-0.15, -0.1) is 0 Å². The zero-order chi connectivity index (χ0) is 18.8. The Bertz CT molecular complexity index is 405. The normalized spacial score (nSPS) is 25.6. The van der Waals surface area contributed by atoms with E-state index >= 15 is 0 Å². The minimum absolute atomic E-state index is 0.0525. The molecule has 0 bridgehead atoms. The molecule has 4 unspecified atom stereocenters. The van der Waals surface area contributed by atoms with Gasteiger partial charge in [-0.1, -0.05) is 60.1 Å². The van der Waals surface area contributed by atoms with Crippen LogP contribution in [-0.4, -0.2) is 11.7 Å². The first-order valence-corrected chi connectivity index (χ1v) is 10.1. The molecule has 0 saturated heterocycles. The molecule has 1 aliphatic carbocycles. The highest BCUT2D eigenvalue weighted by Gasteiger charge is 2.37. The monoisotopic (exact) mass is 336 g/mol. The number of hydrogen-bond acceptors (Lipinski definition) is 1. The van der Waals surface area contributed by atoms with E-state index in [0.717, 1.165) is 11.8 Å². The van der Waals surface area contributed by atoms with Crippen LogP contribution in [0.25, 0.3) is 0 Å². The van der Waals surface area contributed by atoms with Crippen molar-refractivity contribution in [2.24, 2.45) is 28.6 Å². The Kier molecular flexibility index (Phi) is 7.19. The molecule has 0 heterocycles. The SMILES string of the molecule is CCC(C)(C)C(CC(C)(C)C)C1C=CC(C(C)OC(C)(C)C)CC1. The molecular formula is C23H44O. The number of rotatable bonds is 6. The highest BCUT2D eigenvalue weighted by atomic mass is 16.5. The van der Waals surface area contributed by atoms with E-state index in [2.05, 4.69) is 81.4 Å². The molecule has 0 N–H and O–H groups in total. The zero-order valence-electron chi connectivity index (χ0n) is 18.2. The molecule has 1 heteroatoms. The van der Waals surface area contributed by atoms with Gasteiger partial charge in [-0.05, 0) is 69.6 Å². The van der Waals surface area contributed by atoms with Crippen molar-refractivity contribution < 1.29 is 4.74 Å². The van der Waals surface area contributed by atoms with Crippen molar-refractivity contribution in [3.8, 4) is 0 Å². The number of hydrogen-bond donors (Lipinski definition) is 0. The summed E-state index contributed by atoms with van der Waals surface area (Å²) in [6, 6.07) is 0. The quantitative estimate of drug-likeness (QED) is 0.464. The van der Waals surface area contributed by atoms with Gasteiger partial charge in [0.1, 0.15) is 0 Å².